The Morgan fingerprint density at radius 1 is 0.621 bits per heavy atom. The van der Waals surface area contributed by atoms with Gasteiger partial charge in [-0.25, -0.2) is 0 Å². The molecule has 0 saturated carbocycles. The first-order chi connectivity index (χ1) is 30.9. The molecule has 3 aromatic rings. The highest BCUT2D eigenvalue weighted by molar-refractivity contribution is 6.12. The van der Waals surface area contributed by atoms with Crippen molar-refractivity contribution in [3.05, 3.63) is 75.9 Å². The van der Waals surface area contributed by atoms with Crippen LogP contribution in [0.1, 0.15) is 123 Å². The van der Waals surface area contributed by atoms with E-state index in [1.54, 1.807) is 0 Å². The van der Waals surface area contributed by atoms with Crippen molar-refractivity contribution in [2.75, 3.05) is 61.5 Å². The second kappa shape index (κ2) is 24.1. The molecule has 22 N–H and O–H groups in total. The average Bonchev–Trinajstić information content (AvgIpc) is 3.20. The number of carbonyl (C=O) groups excluding carboxylic acids is 2. The Kier molecular flexibility index (Phi) is 19.3. The molecule has 20 heteroatoms. The van der Waals surface area contributed by atoms with Crippen LogP contribution in [0, 0.1) is 0 Å². The van der Waals surface area contributed by atoms with E-state index in [4.69, 9.17) is 66.8 Å². The van der Waals surface area contributed by atoms with Gasteiger partial charge in [-0.05, 0) is 83.9 Å². The number of hydrogen-bond acceptors (Lipinski definition) is 10. The maximum atomic E-state index is 14.9. The molecule has 360 valence electrons. The number of carbonyl (C=O) groups is 2. The van der Waals surface area contributed by atoms with Crippen LogP contribution < -0.4 is 77.4 Å². The summed E-state index contributed by atoms with van der Waals surface area (Å²) in [5.41, 5.74) is 62.2. The molecule has 3 aromatic carbocycles. The molecule has 0 radical (unpaired) electrons. The highest BCUT2D eigenvalue weighted by atomic mass is 16.5. The van der Waals surface area contributed by atoms with E-state index < -0.39 is 11.8 Å². The number of nitrogens with two attached hydrogens (primary N) is 10. The number of aliphatic imine (C=N–C) groups is 4. The molecule has 66 heavy (non-hydrogen) atoms. The van der Waals surface area contributed by atoms with Gasteiger partial charge in [0.2, 0.25) is 0 Å². The maximum absolute atomic E-state index is 14.9. The summed E-state index contributed by atoms with van der Waals surface area (Å²) in [5, 5.41) is 6.16. The zero-order chi connectivity index (χ0) is 49.4. The van der Waals surface area contributed by atoms with Crippen LogP contribution in [0.4, 0.5) is 22.7 Å². The van der Waals surface area contributed by atoms with Crippen molar-refractivity contribution in [2.45, 2.75) is 90.9 Å². The monoisotopic (exact) mass is 913 g/mol. The minimum atomic E-state index is -0.619. The summed E-state index contributed by atoms with van der Waals surface area (Å²) in [6, 6.07) is 10.4. The van der Waals surface area contributed by atoms with E-state index in [-0.39, 0.29) is 89.5 Å². The van der Waals surface area contributed by atoms with E-state index in [1.807, 2.05) is 84.9 Å². The lowest BCUT2D eigenvalue weighted by atomic mass is 9.82. The zero-order valence-corrected chi connectivity index (χ0v) is 39.5. The van der Waals surface area contributed by atoms with Gasteiger partial charge in [0.15, 0.2) is 23.8 Å². The van der Waals surface area contributed by atoms with Gasteiger partial charge < -0.3 is 77.4 Å². The average molecular weight is 913 g/mol. The van der Waals surface area contributed by atoms with Crippen LogP contribution in [0.25, 0.3) is 6.08 Å². The molecule has 1 atom stereocenters. The van der Waals surface area contributed by atoms with E-state index in [0.717, 1.165) is 11.1 Å². The third kappa shape index (κ3) is 16.3. The van der Waals surface area contributed by atoms with Gasteiger partial charge in [0.25, 0.3) is 11.8 Å². The molecular formula is C46H72N16O4. The molecule has 0 spiro atoms. The number of nitrogen functional groups attached to an aromatic ring is 2. The van der Waals surface area contributed by atoms with E-state index in [1.165, 1.54) is 12.1 Å². The van der Waals surface area contributed by atoms with Crippen LogP contribution in [-0.4, -0.2) is 75.0 Å². The number of nitrogens with zero attached hydrogens (tertiary/aromatic N) is 4. The van der Waals surface area contributed by atoms with Crippen LogP contribution in [0.15, 0.2) is 62.4 Å². The van der Waals surface area contributed by atoms with Gasteiger partial charge in [-0.15, -0.1) is 0 Å². The van der Waals surface area contributed by atoms with Crippen LogP contribution >= 0.6 is 0 Å². The number of amides is 2. The number of nitrogens with one attached hydrogen (secondary N) is 2. The van der Waals surface area contributed by atoms with Crippen molar-refractivity contribution in [1.82, 2.24) is 0 Å². The number of ether oxygens (including phenoxy) is 2. The number of benzene rings is 3. The topological polar surface area (TPSA) is 386 Å². The molecule has 0 bridgehead atoms. The first kappa shape index (κ1) is 53.0. The minimum Gasteiger partial charge on any atom is -0.491 e. The van der Waals surface area contributed by atoms with Crippen molar-refractivity contribution >= 4 is 64.5 Å². The summed E-state index contributed by atoms with van der Waals surface area (Å²) in [5.74, 6) is -1.54. The highest BCUT2D eigenvalue weighted by Gasteiger charge is 2.27. The predicted molar refractivity (Wildman–Crippen MR) is 271 cm³/mol. The minimum absolute atomic E-state index is 0.00971. The quantitative estimate of drug-likeness (QED) is 0.0297. The first-order valence-electron chi connectivity index (χ1n) is 21.7. The molecular weight excluding hydrogens is 841 g/mol. The van der Waals surface area contributed by atoms with Crippen molar-refractivity contribution < 1.29 is 19.1 Å². The maximum Gasteiger partial charge on any atom is 0.259 e. The fourth-order valence-corrected chi connectivity index (χ4v) is 6.78. The number of anilines is 4. The van der Waals surface area contributed by atoms with Gasteiger partial charge >= 0.3 is 0 Å². The lowest BCUT2D eigenvalue weighted by Gasteiger charge is -2.26. The van der Waals surface area contributed by atoms with E-state index in [2.05, 4.69) is 30.6 Å². The third-order valence-corrected chi connectivity index (χ3v) is 10.3. The SMILES string of the molecule is CCC(CCN=C(N)N)c1c(N)cc(C(C)(C)C)cc1NC(=O)c1cc(C(=O)Nc2cc(C(C)(C)C)cc(N)c2/C=C/CCCN=C(N)N)c(OCCN=C(N)N)cc1OCCN=C(N)N. The summed E-state index contributed by atoms with van der Waals surface area (Å²) in [6.07, 6.45) is 6.27. The van der Waals surface area contributed by atoms with Gasteiger partial charge in [-0.1, -0.05) is 60.6 Å². The summed E-state index contributed by atoms with van der Waals surface area (Å²) in [4.78, 5) is 45.9. The van der Waals surface area contributed by atoms with Gasteiger partial charge in [0, 0.05) is 47.3 Å². The van der Waals surface area contributed by atoms with Crippen LogP contribution in [0.2, 0.25) is 0 Å². The molecule has 0 fully saturated rings. The van der Waals surface area contributed by atoms with Crippen molar-refractivity contribution in [3.8, 4) is 11.5 Å². The van der Waals surface area contributed by atoms with Crippen molar-refractivity contribution in [2.24, 2.45) is 65.8 Å². The summed E-state index contributed by atoms with van der Waals surface area (Å²) in [7, 11) is 0. The van der Waals surface area contributed by atoms with Gasteiger partial charge in [-0.2, -0.15) is 0 Å². The Bertz CT molecular complexity index is 2310. The second-order valence-corrected chi connectivity index (χ2v) is 17.7. The molecule has 2 amide bonds. The van der Waals surface area contributed by atoms with E-state index in [9.17, 15) is 9.59 Å². The zero-order valence-electron chi connectivity index (χ0n) is 39.5. The molecule has 0 saturated heterocycles. The Hall–Kier alpha value is -7.38. The summed E-state index contributed by atoms with van der Waals surface area (Å²) < 4.78 is 12.3. The number of allylic oxidation sites excluding steroid dienone is 1. The van der Waals surface area contributed by atoms with Crippen molar-refractivity contribution in [1.29, 1.82) is 0 Å². The fourth-order valence-electron chi connectivity index (χ4n) is 6.78. The third-order valence-electron chi connectivity index (χ3n) is 10.3. The van der Waals surface area contributed by atoms with Crippen molar-refractivity contribution in [3.63, 3.8) is 0 Å². The summed E-state index contributed by atoms with van der Waals surface area (Å²) >= 11 is 0. The van der Waals surface area contributed by atoms with E-state index in [0.29, 0.717) is 72.6 Å². The number of unbranched alkanes of at least 4 members (excludes halogenated alkanes) is 1. The molecule has 0 aliphatic rings. The number of guanidine groups is 4. The molecule has 0 aliphatic heterocycles. The first-order valence-corrected chi connectivity index (χ1v) is 21.7. The Balaban J connectivity index is 2.30. The van der Waals surface area contributed by atoms with Gasteiger partial charge in [0.1, 0.15) is 24.7 Å². The van der Waals surface area contributed by atoms with Crippen LogP contribution in [0.3, 0.4) is 0 Å². The second-order valence-electron chi connectivity index (χ2n) is 17.7. The lowest BCUT2D eigenvalue weighted by molar-refractivity contribution is 0.102. The Morgan fingerprint density at radius 2 is 1.08 bits per heavy atom. The molecule has 1 unspecified atom stereocenters. The van der Waals surface area contributed by atoms with E-state index >= 15 is 0 Å². The Labute approximate surface area is 388 Å². The van der Waals surface area contributed by atoms with Gasteiger partial charge in [-0.3, -0.25) is 29.6 Å². The smallest absolute Gasteiger partial charge is 0.259 e. The molecule has 20 nitrogen and oxygen atoms in total. The predicted octanol–water partition coefficient (Wildman–Crippen LogP) is 3.48. The standard InChI is InChI=1S/C46H72N16O4/c1-8-26(13-15-58-42(51)52)38-33(48)21-28(46(5,6)7)23-35(38)62-40(64)31-24-30(36(65-18-16-59-43(53)54)25-37(31)66-19-17-60-44(55)56)39(63)61-34-22-27(45(2,3)4)20-32(47)29(34)12-10-9-11-14-57-41(49)50/h10,12,20-26H,8-9,11,13-19,47-48H2,1-7H3,(H,61,63)(H,62,64)(H4,49,50,57)(H4,51,52,58)(H4,53,54,59)(H4,55,56,60)/b12-10+. The molecule has 0 aliphatic carbocycles. The highest BCUT2D eigenvalue weighted by Crippen LogP contribution is 2.40. The number of hydrogen-bond donors (Lipinski definition) is 12. The van der Waals surface area contributed by atoms with Gasteiger partial charge in [0.05, 0.1) is 29.9 Å². The summed E-state index contributed by atoms with van der Waals surface area (Å²) in [6.45, 7) is 15.1. The normalized spacial score (nSPS) is 11.9. The largest absolute Gasteiger partial charge is 0.491 e. The number of rotatable bonds is 22. The lowest BCUT2D eigenvalue weighted by Crippen LogP contribution is -2.24. The fraction of sp³-hybridized carbons (Fsp3) is 0.435. The molecule has 0 heterocycles. The van der Waals surface area contributed by atoms with Crippen LogP contribution in [-0.2, 0) is 10.8 Å². The van der Waals surface area contributed by atoms with Crippen LogP contribution in [0.5, 0.6) is 11.5 Å². The Morgan fingerprint density at radius 3 is 1.56 bits per heavy atom. The molecule has 3 rings (SSSR count). The molecule has 0 aromatic heterocycles.